The van der Waals surface area contributed by atoms with Crippen molar-refractivity contribution in [3.8, 4) is 11.3 Å². The number of aryl methyl sites for hydroxylation is 1. The Labute approximate surface area is 87.5 Å². The van der Waals surface area contributed by atoms with Gasteiger partial charge in [-0.15, -0.1) is 0 Å². The van der Waals surface area contributed by atoms with E-state index in [1.165, 1.54) is 0 Å². The highest BCUT2D eigenvalue weighted by molar-refractivity contribution is 5.93. The van der Waals surface area contributed by atoms with Gasteiger partial charge in [0.2, 0.25) is 0 Å². The summed E-state index contributed by atoms with van der Waals surface area (Å²) in [5.41, 5.74) is 0.882. The van der Waals surface area contributed by atoms with Crippen molar-refractivity contribution in [3.05, 3.63) is 30.3 Å². The Bertz CT molecular complexity index is 482. The first-order chi connectivity index (χ1) is 7.20. The van der Waals surface area contributed by atoms with Crippen LogP contribution in [0.15, 0.2) is 28.9 Å². The predicted octanol–water partition coefficient (Wildman–Crippen LogP) is 2.27. The molecule has 0 saturated heterocycles. The second-order valence-corrected chi connectivity index (χ2v) is 3.34. The molecule has 0 N–H and O–H groups in total. The summed E-state index contributed by atoms with van der Waals surface area (Å²) >= 11 is 0. The molecule has 0 unspecified atom stereocenters. The maximum absolute atomic E-state index is 11.3. The normalized spacial score (nSPS) is 10.5. The van der Waals surface area contributed by atoms with Gasteiger partial charge in [-0.05, 0) is 12.1 Å². The lowest BCUT2D eigenvalue weighted by Gasteiger charge is -1.91. The molecule has 2 heterocycles. The molecule has 0 atom stereocenters. The largest absolute Gasteiger partial charge is 0.453 e. The topological polar surface area (TPSA) is 48.0 Å². The van der Waals surface area contributed by atoms with Gasteiger partial charge in [-0.2, -0.15) is 5.10 Å². The first-order valence-electron chi connectivity index (χ1n) is 4.82. The zero-order chi connectivity index (χ0) is 10.8. The highest BCUT2D eigenvalue weighted by Gasteiger charge is 2.10. The van der Waals surface area contributed by atoms with Crippen LogP contribution >= 0.6 is 0 Å². The number of hydrogen-bond acceptors (Lipinski definition) is 3. The summed E-state index contributed by atoms with van der Waals surface area (Å²) in [6, 6.07) is 3.49. The van der Waals surface area contributed by atoms with Gasteiger partial charge in [0.25, 0.3) is 0 Å². The Kier molecular flexibility index (Phi) is 2.41. The second-order valence-electron chi connectivity index (χ2n) is 3.34. The number of hydrogen-bond donors (Lipinski definition) is 0. The van der Waals surface area contributed by atoms with E-state index in [1.54, 1.807) is 23.0 Å². The minimum atomic E-state index is 0.0186. The van der Waals surface area contributed by atoms with Gasteiger partial charge in [-0.3, -0.25) is 9.48 Å². The van der Waals surface area contributed by atoms with Gasteiger partial charge < -0.3 is 4.42 Å². The average molecular weight is 204 g/mol. The molecule has 78 valence electrons. The van der Waals surface area contributed by atoms with Gasteiger partial charge in [-0.1, -0.05) is 6.92 Å². The molecule has 0 saturated carbocycles. The zero-order valence-corrected chi connectivity index (χ0v) is 8.73. The van der Waals surface area contributed by atoms with E-state index in [2.05, 4.69) is 5.10 Å². The van der Waals surface area contributed by atoms with Crippen LogP contribution in [0.25, 0.3) is 11.3 Å². The van der Waals surface area contributed by atoms with E-state index in [9.17, 15) is 4.79 Å². The van der Waals surface area contributed by atoms with E-state index in [1.807, 2.05) is 20.2 Å². The number of carbonyl (C=O) groups excluding carboxylic acids is 1. The van der Waals surface area contributed by atoms with Gasteiger partial charge in [0, 0.05) is 19.7 Å². The maximum Gasteiger partial charge on any atom is 0.197 e. The third kappa shape index (κ3) is 1.83. The molecule has 0 aliphatic rings. The van der Waals surface area contributed by atoms with E-state index >= 15 is 0 Å². The summed E-state index contributed by atoms with van der Waals surface area (Å²) in [5.74, 6) is 1.11. The molecule has 0 aromatic carbocycles. The zero-order valence-electron chi connectivity index (χ0n) is 8.73. The Morgan fingerprint density at radius 3 is 2.93 bits per heavy atom. The fourth-order valence-corrected chi connectivity index (χ4v) is 1.37. The lowest BCUT2D eigenvalue weighted by atomic mass is 10.2. The molecule has 0 aliphatic heterocycles. The van der Waals surface area contributed by atoms with Crippen LogP contribution in [-0.2, 0) is 7.05 Å². The number of furan rings is 1. The molecule has 15 heavy (non-hydrogen) atoms. The molecule has 0 fully saturated rings. The number of rotatable bonds is 3. The maximum atomic E-state index is 11.3. The molecule has 2 aromatic rings. The van der Waals surface area contributed by atoms with Crippen LogP contribution in [0.5, 0.6) is 0 Å². The Hall–Kier alpha value is -1.84. The minimum absolute atomic E-state index is 0.0186. The average Bonchev–Trinajstić information content (AvgIpc) is 2.84. The van der Waals surface area contributed by atoms with E-state index < -0.39 is 0 Å². The number of Topliss-reactive ketones (excluding diaryl/α,β-unsaturated/α-hetero) is 1. The number of nitrogens with zero attached hydrogens (tertiary/aromatic N) is 2. The van der Waals surface area contributed by atoms with Crippen molar-refractivity contribution in [1.29, 1.82) is 0 Å². The fourth-order valence-electron chi connectivity index (χ4n) is 1.37. The minimum Gasteiger partial charge on any atom is -0.453 e. The second kappa shape index (κ2) is 3.73. The molecule has 4 nitrogen and oxygen atoms in total. The summed E-state index contributed by atoms with van der Waals surface area (Å²) in [5, 5.41) is 4.04. The van der Waals surface area contributed by atoms with E-state index in [4.69, 9.17) is 4.42 Å². The molecule has 0 amide bonds. The summed E-state index contributed by atoms with van der Waals surface area (Å²) in [7, 11) is 1.84. The van der Waals surface area contributed by atoms with Gasteiger partial charge in [0.05, 0.1) is 11.8 Å². The lowest BCUT2D eigenvalue weighted by molar-refractivity contribution is 0.0962. The summed E-state index contributed by atoms with van der Waals surface area (Å²) < 4.78 is 7.13. The van der Waals surface area contributed by atoms with Crippen LogP contribution in [0.1, 0.15) is 23.9 Å². The first-order valence-corrected chi connectivity index (χ1v) is 4.82. The molecule has 0 bridgehead atoms. The van der Waals surface area contributed by atoms with Gasteiger partial charge >= 0.3 is 0 Å². The quantitative estimate of drug-likeness (QED) is 0.720. The van der Waals surface area contributed by atoms with Gasteiger partial charge in [0.15, 0.2) is 11.5 Å². The SMILES string of the molecule is CCC(=O)c1ccc(-c2cnn(C)c2)o1. The van der Waals surface area contributed by atoms with Crippen molar-refractivity contribution >= 4 is 5.78 Å². The molecular formula is C11H12N2O2. The number of ketones is 1. The Morgan fingerprint density at radius 2 is 2.33 bits per heavy atom. The molecular weight excluding hydrogens is 192 g/mol. The van der Waals surface area contributed by atoms with Crippen molar-refractivity contribution in [1.82, 2.24) is 9.78 Å². The predicted molar refractivity (Wildman–Crippen MR) is 55.5 cm³/mol. The van der Waals surface area contributed by atoms with Crippen LogP contribution in [-0.4, -0.2) is 15.6 Å². The lowest BCUT2D eigenvalue weighted by Crippen LogP contribution is -1.92. The Balaban J connectivity index is 2.31. The van der Waals surface area contributed by atoms with E-state index in [-0.39, 0.29) is 5.78 Å². The fraction of sp³-hybridized carbons (Fsp3) is 0.273. The molecule has 0 aliphatic carbocycles. The Morgan fingerprint density at radius 1 is 1.53 bits per heavy atom. The number of aromatic nitrogens is 2. The first kappa shape index (κ1) is 9.71. The molecule has 2 rings (SSSR count). The van der Waals surface area contributed by atoms with Crippen LogP contribution < -0.4 is 0 Å². The van der Waals surface area contributed by atoms with E-state index in [0.717, 1.165) is 5.56 Å². The van der Waals surface area contributed by atoms with Crippen molar-refractivity contribution in [2.24, 2.45) is 7.05 Å². The molecule has 4 heteroatoms. The monoisotopic (exact) mass is 204 g/mol. The van der Waals surface area contributed by atoms with Crippen LogP contribution in [0.3, 0.4) is 0 Å². The van der Waals surface area contributed by atoms with Crippen molar-refractivity contribution in [2.75, 3.05) is 0 Å². The third-order valence-electron chi connectivity index (χ3n) is 2.19. The molecule has 0 radical (unpaired) electrons. The molecule has 2 aromatic heterocycles. The highest BCUT2D eigenvalue weighted by Crippen LogP contribution is 2.21. The van der Waals surface area contributed by atoms with Gasteiger partial charge in [-0.25, -0.2) is 0 Å². The van der Waals surface area contributed by atoms with Crippen molar-refractivity contribution in [3.63, 3.8) is 0 Å². The summed E-state index contributed by atoms with van der Waals surface area (Å²) in [6.45, 7) is 1.81. The van der Waals surface area contributed by atoms with Crippen molar-refractivity contribution < 1.29 is 9.21 Å². The summed E-state index contributed by atoms with van der Waals surface area (Å²) in [6.07, 6.45) is 4.01. The van der Waals surface area contributed by atoms with Crippen molar-refractivity contribution in [2.45, 2.75) is 13.3 Å². The standard InChI is InChI=1S/C11H12N2O2/c1-3-9(14)11-5-4-10(15-11)8-6-12-13(2)7-8/h4-7H,3H2,1-2H3. The number of carbonyl (C=O) groups is 1. The smallest absolute Gasteiger partial charge is 0.197 e. The summed E-state index contributed by atoms with van der Waals surface area (Å²) in [4.78, 5) is 11.3. The third-order valence-corrected chi connectivity index (χ3v) is 2.19. The van der Waals surface area contributed by atoms with Crippen LogP contribution in [0.4, 0.5) is 0 Å². The van der Waals surface area contributed by atoms with Crippen LogP contribution in [0, 0.1) is 0 Å². The van der Waals surface area contributed by atoms with Gasteiger partial charge in [0.1, 0.15) is 5.76 Å². The highest BCUT2D eigenvalue weighted by atomic mass is 16.3. The molecule has 0 spiro atoms. The van der Waals surface area contributed by atoms with E-state index in [0.29, 0.717) is 17.9 Å². The van der Waals surface area contributed by atoms with Crippen LogP contribution in [0.2, 0.25) is 0 Å².